The molecule has 14 heteroatoms. The maximum atomic E-state index is 13.4. The second kappa shape index (κ2) is 16.0. The molecule has 5 atom stereocenters. The number of benzene rings is 2. The summed E-state index contributed by atoms with van der Waals surface area (Å²) in [6.45, 7) is 1.45. The number of amides is 3. The van der Waals surface area contributed by atoms with Crippen LogP contribution in [0.15, 0.2) is 65.8 Å². The number of fused-ring (bicyclic) bond motifs is 1. The molecule has 14 nitrogen and oxygen atoms in total. The molecule has 3 aromatic rings. The summed E-state index contributed by atoms with van der Waals surface area (Å²) < 4.78 is 0. The molecule has 1 aromatic heterocycles. The monoisotopic (exact) mass is 608 g/mol. The number of aliphatic hydroxyl groups excluding tert-OH is 1. The first-order chi connectivity index (χ1) is 21.0. The summed E-state index contributed by atoms with van der Waals surface area (Å²) >= 11 is 0. The highest BCUT2D eigenvalue weighted by Gasteiger charge is 2.33. The van der Waals surface area contributed by atoms with Gasteiger partial charge in [0, 0.05) is 30.1 Å². The lowest BCUT2D eigenvalue weighted by Crippen LogP contribution is -2.60. The largest absolute Gasteiger partial charge is 0.480 e. The lowest BCUT2D eigenvalue weighted by Gasteiger charge is -2.26. The maximum absolute atomic E-state index is 13.4. The number of nitrogens with zero attached hydrogens (tertiary/aromatic N) is 1. The van der Waals surface area contributed by atoms with Crippen molar-refractivity contribution >= 4 is 40.6 Å². The van der Waals surface area contributed by atoms with Crippen LogP contribution >= 0.6 is 0 Å². The predicted molar refractivity (Wildman–Crippen MR) is 165 cm³/mol. The van der Waals surface area contributed by atoms with E-state index in [-0.39, 0.29) is 31.8 Å². The van der Waals surface area contributed by atoms with Crippen molar-refractivity contribution < 1.29 is 29.4 Å². The van der Waals surface area contributed by atoms with Crippen LogP contribution in [0.5, 0.6) is 0 Å². The zero-order chi connectivity index (χ0) is 32.2. The number of carbonyl (C=O) groups excluding carboxylic acids is 3. The number of aliphatic imine (C=N–C) groups is 1. The molecule has 0 spiro atoms. The lowest BCUT2D eigenvalue weighted by atomic mass is 10.0. The van der Waals surface area contributed by atoms with E-state index < -0.39 is 54.0 Å². The van der Waals surface area contributed by atoms with Gasteiger partial charge in [0.25, 0.3) is 0 Å². The molecule has 3 amide bonds. The van der Waals surface area contributed by atoms with E-state index >= 15 is 0 Å². The van der Waals surface area contributed by atoms with Crippen LogP contribution in [-0.4, -0.2) is 81.7 Å². The van der Waals surface area contributed by atoms with Crippen LogP contribution < -0.4 is 33.2 Å². The van der Waals surface area contributed by atoms with Gasteiger partial charge >= 0.3 is 5.97 Å². The topological polar surface area (TPSA) is 251 Å². The third kappa shape index (κ3) is 9.81. The Kier molecular flexibility index (Phi) is 12.2. The zero-order valence-corrected chi connectivity index (χ0v) is 24.4. The molecule has 0 radical (unpaired) electrons. The molecule has 0 saturated carbocycles. The molecule has 2 aromatic carbocycles. The standard InChI is InChI=1S/C30H40N8O6/c1-17(39)25(28(42)37-24(29(43)44)15-19-16-35-22-11-6-5-10-20(19)22)38-27(41)23(12-7-13-34-30(32)33)36-26(40)21(31)14-18-8-3-2-4-9-18/h2-6,8-11,16-17,21,23-25,35,39H,7,12-15,31H2,1H3,(H,36,40)(H,37,42)(H,38,41)(H,43,44)(H4,32,33,34). The number of hydrogen-bond acceptors (Lipinski definition) is 7. The Hall–Kier alpha value is -4.95. The Balaban J connectivity index is 1.71. The summed E-state index contributed by atoms with van der Waals surface area (Å²) in [6.07, 6.45) is 0.813. The van der Waals surface area contributed by atoms with E-state index in [9.17, 15) is 29.4 Å². The number of aliphatic carboxylic acids is 1. The van der Waals surface area contributed by atoms with Gasteiger partial charge in [0.2, 0.25) is 17.7 Å². The van der Waals surface area contributed by atoms with Gasteiger partial charge in [-0.25, -0.2) is 4.79 Å². The van der Waals surface area contributed by atoms with Gasteiger partial charge in [-0.05, 0) is 43.4 Å². The summed E-state index contributed by atoms with van der Waals surface area (Å²) in [5.74, 6) is -3.71. The van der Waals surface area contributed by atoms with Crippen LogP contribution in [0.3, 0.4) is 0 Å². The summed E-state index contributed by atoms with van der Waals surface area (Å²) in [7, 11) is 0. The van der Waals surface area contributed by atoms with Crippen molar-refractivity contribution in [2.75, 3.05) is 6.54 Å². The molecule has 236 valence electrons. The van der Waals surface area contributed by atoms with Gasteiger partial charge in [0.1, 0.15) is 18.1 Å². The van der Waals surface area contributed by atoms with E-state index in [4.69, 9.17) is 17.2 Å². The Labute approximate surface area is 254 Å². The van der Waals surface area contributed by atoms with Gasteiger partial charge in [-0.2, -0.15) is 0 Å². The highest BCUT2D eigenvalue weighted by molar-refractivity contribution is 5.94. The highest BCUT2D eigenvalue weighted by atomic mass is 16.4. The Morgan fingerprint density at radius 2 is 1.55 bits per heavy atom. The van der Waals surface area contributed by atoms with Crippen LogP contribution in [-0.2, 0) is 32.0 Å². The van der Waals surface area contributed by atoms with Crippen molar-refractivity contribution in [1.29, 1.82) is 0 Å². The molecular formula is C30H40N8O6. The normalized spacial score (nSPS) is 14.4. The highest BCUT2D eigenvalue weighted by Crippen LogP contribution is 2.19. The molecule has 0 fully saturated rings. The summed E-state index contributed by atoms with van der Waals surface area (Å²) in [6, 6.07) is 11.4. The van der Waals surface area contributed by atoms with E-state index in [0.29, 0.717) is 12.0 Å². The minimum Gasteiger partial charge on any atom is -0.480 e. The first kappa shape index (κ1) is 33.6. The van der Waals surface area contributed by atoms with Crippen molar-refractivity contribution in [1.82, 2.24) is 20.9 Å². The molecule has 3 rings (SSSR count). The Bertz CT molecular complexity index is 1450. The van der Waals surface area contributed by atoms with Crippen LogP contribution in [0, 0.1) is 0 Å². The van der Waals surface area contributed by atoms with E-state index in [1.807, 2.05) is 54.6 Å². The second-order valence-corrected chi connectivity index (χ2v) is 10.5. The van der Waals surface area contributed by atoms with Crippen LogP contribution in [0.25, 0.3) is 10.9 Å². The molecule has 12 N–H and O–H groups in total. The quantitative estimate of drug-likeness (QED) is 0.0563. The van der Waals surface area contributed by atoms with E-state index in [1.54, 1.807) is 6.20 Å². The molecule has 5 unspecified atom stereocenters. The number of aliphatic hydroxyl groups is 1. The SMILES string of the molecule is CC(O)C(NC(=O)C(CCCN=C(N)N)NC(=O)C(N)Cc1ccccc1)C(=O)NC(Cc1c[nH]c2ccccc12)C(=O)O. The molecule has 0 aliphatic rings. The minimum atomic E-state index is -1.53. The Morgan fingerprint density at radius 1 is 0.886 bits per heavy atom. The zero-order valence-electron chi connectivity index (χ0n) is 24.4. The van der Waals surface area contributed by atoms with Crippen molar-refractivity contribution in [3.8, 4) is 0 Å². The van der Waals surface area contributed by atoms with Crippen LogP contribution in [0.2, 0.25) is 0 Å². The number of nitrogens with two attached hydrogens (primary N) is 3. The smallest absolute Gasteiger partial charge is 0.326 e. The third-order valence-corrected chi connectivity index (χ3v) is 6.99. The Morgan fingerprint density at radius 3 is 2.20 bits per heavy atom. The van der Waals surface area contributed by atoms with Crippen molar-refractivity contribution in [3.05, 3.63) is 71.9 Å². The molecule has 1 heterocycles. The summed E-state index contributed by atoms with van der Waals surface area (Å²) in [5, 5.41) is 28.5. The van der Waals surface area contributed by atoms with Gasteiger partial charge in [-0.15, -0.1) is 0 Å². The molecule has 44 heavy (non-hydrogen) atoms. The fourth-order valence-electron chi connectivity index (χ4n) is 4.65. The van der Waals surface area contributed by atoms with Gasteiger partial charge in [-0.1, -0.05) is 48.5 Å². The fourth-order valence-corrected chi connectivity index (χ4v) is 4.65. The van der Waals surface area contributed by atoms with Crippen LogP contribution in [0.4, 0.5) is 0 Å². The van der Waals surface area contributed by atoms with Gasteiger partial charge in [0.15, 0.2) is 5.96 Å². The number of aromatic nitrogens is 1. The number of aromatic amines is 1. The lowest BCUT2D eigenvalue weighted by molar-refractivity contribution is -0.143. The van der Waals surface area contributed by atoms with E-state index in [1.165, 1.54) is 6.92 Å². The molecular weight excluding hydrogens is 568 g/mol. The molecule has 0 saturated heterocycles. The van der Waals surface area contributed by atoms with Crippen LogP contribution in [0.1, 0.15) is 30.9 Å². The number of carbonyl (C=O) groups is 4. The minimum absolute atomic E-state index is 0.0473. The summed E-state index contributed by atoms with van der Waals surface area (Å²) in [4.78, 5) is 58.5. The third-order valence-electron chi connectivity index (χ3n) is 6.99. The number of nitrogens with one attached hydrogen (secondary N) is 4. The van der Waals surface area contributed by atoms with E-state index in [2.05, 4.69) is 25.9 Å². The number of para-hydroxylation sites is 1. The van der Waals surface area contributed by atoms with Crippen molar-refractivity contribution in [2.45, 2.75) is 62.9 Å². The fraction of sp³-hybridized carbons (Fsp3) is 0.367. The number of guanidine groups is 1. The van der Waals surface area contributed by atoms with Gasteiger partial charge in [-0.3, -0.25) is 19.4 Å². The van der Waals surface area contributed by atoms with Crippen molar-refractivity contribution in [3.63, 3.8) is 0 Å². The first-order valence-corrected chi connectivity index (χ1v) is 14.2. The van der Waals surface area contributed by atoms with E-state index in [0.717, 1.165) is 16.5 Å². The average Bonchev–Trinajstić information content (AvgIpc) is 3.39. The second-order valence-electron chi connectivity index (χ2n) is 10.5. The number of carboxylic acids is 1. The number of hydrogen-bond donors (Lipinski definition) is 9. The first-order valence-electron chi connectivity index (χ1n) is 14.2. The number of carboxylic acid groups (broad SMARTS) is 1. The maximum Gasteiger partial charge on any atom is 0.326 e. The number of rotatable bonds is 16. The average molecular weight is 609 g/mol. The van der Waals surface area contributed by atoms with Gasteiger partial charge < -0.3 is 48.3 Å². The predicted octanol–water partition coefficient (Wildman–Crippen LogP) is -0.746. The molecule has 0 aliphatic heterocycles. The van der Waals surface area contributed by atoms with Gasteiger partial charge in [0.05, 0.1) is 12.1 Å². The molecule has 0 aliphatic carbocycles. The van der Waals surface area contributed by atoms with Crippen molar-refractivity contribution in [2.24, 2.45) is 22.2 Å². The summed E-state index contributed by atoms with van der Waals surface area (Å²) in [5.41, 5.74) is 19.2. The molecule has 0 bridgehead atoms. The number of H-pyrrole nitrogens is 1.